The summed E-state index contributed by atoms with van der Waals surface area (Å²) in [6, 6.07) is 7.33. The van der Waals surface area contributed by atoms with Crippen LogP contribution in [0.4, 0.5) is 10.5 Å². The second-order valence-electron chi connectivity index (χ2n) is 5.17. The van der Waals surface area contributed by atoms with Crippen molar-refractivity contribution in [1.29, 1.82) is 0 Å². The third kappa shape index (κ3) is 4.72. The first-order chi connectivity index (χ1) is 9.40. The van der Waals surface area contributed by atoms with Gasteiger partial charge in [0.25, 0.3) is 0 Å². The molecule has 0 spiro atoms. The highest BCUT2D eigenvalue weighted by Gasteiger charge is 2.27. The lowest BCUT2D eigenvalue weighted by atomic mass is 9.89. The monoisotopic (exact) mass is 296 g/mol. The van der Waals surface area contributed by atoms with Gasteiger partial charge in [0, 0.05) is 11.4 Å². The van der Waals surface area contributed by atoms with Crippen LogP contribution in [0, 0.1) is 5.92 Å². The van der Waals surface area contributed by atoms with Crippen LogP contribution in [-0.4, -0.2) is 29.5 Å². The maximum Gasteiger partial charge on any atom is 0.319 e. The number of aliphatic hydroxyl groups is 1. The van der Waals surface area contributed by atoms with Gasteiger partial charge < -0.3 is 15.7 Å². The number of para-hydroxylation sites is 1. The SMILES string of the molecule is CCC(C)C(C)(O)CNC(=O)Nc1ccccc1SC. The van der Waals surface area contributed by atoms with Gasteiger partial charge in [-0.05, 0) is 31.2 Å². The van der Waals surface area contributed by atoms with Crippen LogP contribution in [0.5, 0.6) is 0 Å². The first kappa shape index (κ1) is 16.9. The van der Waals surface area contributed by atoms with Gasteiger partial charge in [0.1, 0.15) is 0 Å². The lowest BCUT2D eigenvalue weighted by Gasteiger charge is -2.29. The van der Waals surface area contributed by atoms with Crippen molar-refractivity contribution >= 4 is 23.5 Å². The predicted molar refractivity (Wildman–Crippen MR) is 85.3 cm³/mol. The Bertz CT molecular complexity index is 449. The Labute approximate surface area is 125 Å². The van der Waals surface area contributed by atoms with Gasteiger partial charge in [0.05, 0.1) is 11.3 Å². The number of nitrogens with one attached hydrogen (secondary N) is 2. The average Bonchev–Trinajstić information content (AvgIpc) is 2.45. The highest BCUT2D eigenvalue weighted by molar-refractivity contribution is 7.98. The molecule has 0 fully saturated rings. The molecule has 3 N–H and O–H groups in total. The Balaban J connectivity index is 2.56. The molecular weight excluding hydrogens is 272 g/mol. The van der Waals surface area contributed by atoms with Crippen LogP contribution in [-0.2, 0) is 0 Å². The number of hydrogen-bond donors (Lipinski definition) is 3. The van der Waals surface area contributed by atoms with Gasteiger partial charge in [-0.25, -0.2) is 4.79 Å². The zero-order valence-corrected chi connectivity index (χ0v) is 13.4. The highest BCUT2D eigenvalue weighted by atomic mass is 32.2. The lowest BCUT2D eigenvalue weighted by molar-refractivity contribution is 0.00827. The normalized spacial score (nSPS) is 15.2. The summed E-state index contributed by atoms with van der Waals surface area (Å²) in [5, 5.41) is 15.8. The van der Waals surface area contributed by atoms with Gasteiger partial charge in [-0.1, -0.05) is 32.4 Å². The second-order valence-corrected chi connectivity index (χ2v) is 6.02. The van der Waals surface area contributed by atoms with Crippen molar-refractivity contribution in [3.63, 3.8) is 0 Å². The molecule has 0 radical (unpaired) electrons. The van der Waals surface area contributed by atoms with E-state index in [0.717, 1.165) is 17.0 Å². The molecule has 20 heavy (non-hydrogen) atoms. The fourth-order valence-electron chi connectivity index (χ4n) is 1.79. The highest BCUT2D eigenvalue weighted by Crippen LogP contribution is 2.24. The third-order valence-corrected chi connectivity index (χ3v) is 4.43. The molecule has 0 aliphatic heterocycles. The van der Waals surface area contributed by atoms with Crippen molar-refractivity contribution in [1.82, 2.24) is 5.32 Å². The minimum atomic E-state index is -0.898. The molecule has 0 bridgehead atoms. The van der Waals surface area contributed by atoms with Crippen LogP contribution in [0.1, 0.15) is 27.2 Å². The largest absolute Gasteiger partial charge is 0.388 e. The standard InChI is InChI=1S/C15H24N2O2S/c1-5-11(2)15(3,19)10-16-14(18)17-12-8-6-7-9-13(12)20-4/h6-9,11,19H,5,10H2,1-4H3,(H2,16,17,18). The molecule has 0 heterocycles. The van der Waals surface area contributed by atoms with Gasteiger partial charge in [-0.3, -0.25) is 0 Å². The van der Waals surface area contributed by atoms with Crippen LogP contribution in [0.15, 0.2) is 29.2 Å². The minimum Gasteiger partial charge on any atom is -0.388 e. The quantitative estimate of drug-likeness (QED) is 0.706. The molecule has 0 aromatic heterocycles. The van der Waals surface area contributed by atoms with E-state index in [1.807, 2.05) is 44.4 Å². The number of carbonyl (C=O) groups is 1. The molecule has 2 amide bonds. The molecule has 112 valence electrons. The van der Waals surface area contributed by atoms with Gasteiger partial charge in [-0.15, -0.1) is 11.8 Å². The molecule has 0 aliphatic carbocycles. The fraction of sp³-hybridized carbons (Fsp3) is 0.533. The molecule has 5 heteroatoms. The van der Waals surface area contributed by atoms with E-state index in [-0.39, 0.29) is 18.5 Å². The first-order valence-electron chi connectivity index (χ1n) is 6.81. The summed E-state index contributed by atoms with van der Waals surface area (Å²) >= 11 is 1.58. The maximum atomic E-state index is 11.9. The molecule has 4 nitrogen and oxygen atoms in total. The van der Waals surface area contributed by atoms with Crippen molar-refractivity contribution in [2.24, 2.45) is 5.92 Å². The maximum absolute atomic E-state index is 11.9. The average molecular weight is 296 g/mol. The summed E-state index contributed by atoms with van der Waals surface area (Å²) in [6.07, 6.45) is 2.83. The van der Waals surface area contributed by atoms with E-state index in [2.05, 4.69) is 10.6 Å². The summed E-state index contributed by atoms with van der Waals surface area (Å²) in [6.45, 7) is 5.98. The van der Waals surface area contributed by atoms with Gasteiger partial charge >= 0.3 is 6.03 Å². The zero-order chi connectivity index (χ0) is 15.2. The zero-order valence-electron chi connectivity index (χ0n) is 12.6. The van der Waals surface area contributed by atoms with E-state index in [4.69, 9.17) is 0 Å². The summed E-state index contributed by atoms with van der Waals surface area (Å²) in [7, 11) is 0. The summed E-state index contributed by atoms with van der Waals surface area (Å²) in [5.74, 6) is 0.126. The number of benzene rings is 1. The first-order valence-corrected chi connectivity index (χ1v) is 8.03. The predicted octanol–water partition coefficient (Wildman–Crippen LogP) is 3.33. The molecule has 2 unspecified atom stereocenters. The molecule has 1 rings (SSSR count). The third-order valence-electron chi connectivity index (χ3n) is 3.64. The molecule has 0 saturated carbocycles. The van der Waals surface area contributed by atoms with Gasteiger partial charge in [0.15, 0.2) is 0 Å². The van der Waals surface area contributed by atoms with E-state index in [0.29, 0.717) is 0 Å². The lowest BCUT2D eigenvalue weighted by Crippen LogP contribution is -2.46. The van der Waals surface area contributed by atoms with Crippen molar-refractivity contribution in [3.05, 3.63) is 24.3 Å². The van der Waals surface area contributed by atoms with Crippen molar-refractivity contribution in [3.8, 4) is 0 Å². The fourth-order valence-corrected chi connectivity index (χ4v) is 2.34. The van der Waals surface area contributed by atoms with Crippen molar-refractivity contribution in [2.75, 3.05) is 18.1 Å². The topological polar surface area (TPSA) is 61.4 Å². The molecule has 0 aliphatic rings. The number of urea groups is 1. The van der Waals surface area contributed by atoms with Crippen LogP contribution in [0.2, 0.25) is 0 Å². The molecule has 1 aromatic rings. The van der Waals surface area contributed by atoms with E-state index < -0.39 is 5.60 Å². The molecular formula is C15H24N2O2S. The van der Waals surface area contributed by atoms with Gasteiger partial charge in [-0.2, -0.15) is 0 Å². The van der Waals surface area contributed by atoms with Crippen LogP contribution < -0.4 is 10.6 Å². The van der Waals surface area contributed by atoms with E-state index in [9.17, 15) is 9.90 Å². The number of thioether (sulfide) groups is 1. The number of rotatable bonds is 6. The van der Waals surface area contributed by atoms with Crippen LogP contribution in [0.3, 0.4) is 0 Å². The Hall–Kier alpha value is -1.20. The number of anilines is 1. The van der Waals surface area contributed by atoms with Crippen LogP contribution >= 0.6 is 11.8 Å². The second kappa shape index (κ2) is 7.55. The molecule has 0 saturated heterocycles. The summed E-state index contributed by atoms with van der Waals surface area (Å²) < 4.78 is 0. The Morgan fingerprint density at radius 2 is 2.10 bits per heavy atom. The molecule has 2 atom stereocenters. The smallest absolute Gasteiger partial charge is 0.319 e. The molecule has 1 aromatic carbocycles. The number of carbonyl (C=O) groups excluding carboxylic acids is 1. The Morgan fingerprint density at radius 1 is 1.45 bits per heavy atom. The van der Waals surface area contributed by atoms with Crippen molar-refractivity contribution in [2.45, 2.75) is 37.7 Å². The van der Waals surface area contributed by atoms with E-state index in [1.54, 1.807) is 18.7 Å². The van der Waals surface area contributed by atoms with E-state index >= 15 is 0 Å². The van der Waals surface area contributed by atoms with Gasteiger partial charge in [0.2, 0.25) is 0 Å². The minimum absolute atomic E-state index is 0.126. The van der Waals surface area contributed by atoms with Crippen LogP contribution in [0.25, 0.3) is 0 Å². The number of amides is 2. The van der Waals surface area contributed by atoms with Crippen molar-refractivity contribution < 1.29 is 9.90 Å². The van der Waals surface area contributed by atoms with E-state index in [1.165, 1.54) is 0 Å². The summed E-state index contributed by atoms with van der Waals surface area (Å²) in [4.78, 5) is 12.9. The number of hydrogen-bond acceptors (Lipinski definition) is 3. The Morgan fingerprint density at radius 3 is 2.70 bits per heavy atom. The summed E-state index contributed by atoms with van der Waals surface area (Å²) in [5.41, 5.74) is -0.119. The Kier molecular flexibility index (Phi) is 6.36.